The van der Waals surface area contributed by atoms with Gasteiger partial charge in [0, 0.05) is 12.5 Å². The number of epoxide rings is 1. The van der Waals surface area contributed by atoms with Crippen molar-refractivity contribution >= 4 is 11.6 Å². The largest absolute Gasteiger partial charge is 0.396 e. The zero-order valence-electron chi connectivity index (χ0n) is 15.1. The van der Waals surface area contributed by atoms with E-state index in [-0.39, 0.29) is 6.42 Å². The van der Waals surface area contributed by atoms with Crippen molar-refractivity contribution < 1.29 is 55.1 Å². The zero-order valence-corrected chi connectivity index (χ0v) is 15.9. The van der Waals surface area contributed by atoms with E-state index in [1.54, 1.807) is 0 Å². The minimum atomic E-state index is -2.10. The molecule has 1 unspecified atom stereocenters. The van der Waals surface area contributed by atoms with Gasteiger partial charge in [-0.2, -0.15) is 0 Å². The van der Waals surface area contributed by atoms with Gasteiger partial charge in [0.1, 0.15) is 37.1 Å². The number of alkyl halides is 1. The maximum absolute atomic E-state index is 10.1. The fraction of sp³-hybridized carbons (Fsp3) is 1.00. The lowest BCUT2D eigenvalue weighted by Crippen LogP contribution is -2.59. The summed E-state index contributed by atoms with van der Waals surface area (Å²) in [5.41, 5.74) is 0. The number of aliphatic hydroxyl groups excluding tert-OH is 8. The molecule has 2 heterocycles. The van der Waals surface area contributed by atoms with Gasteiger partial charge >= 0.3 is 0 Å². The molecule has 0 aromatic carbocycles. The number of aliphatic hydroxyl groups is 8. The summed E-state index contributed by atoms with van der Waals surface area (Å²) < 4.78 is 15.4. The van der Waals surface area contributed by atoms with Crippen molar-refractivity contribution in [3.63, 3.8) is 0 Å². The second-order valence-electron chi connectivity index (χ2n) is 7.16. The normalized spacial score (nSPS) is 48.1. The standard InChI is InChI=1S/C13H24O10.C3H5ClO/c14-2-5-1-6(9(18)11(20)8(5)17)22-13(4-16)12(21)10(19)7(3-15)23-13;4-1-3-2-5-3/h5-12,14-21H,1-4H2;3H,1-2H2/t5-,6+,7-,8-,9+,10-,11+,12+,13-;/m1./s1. The molecule has 0 aromatic heterocycles. The molecule has 1 aliphatic carbocycles. The fourth-order valence-corrected chi connectivity index (χ4v) is 3.44. The molecule has 166 valence electrons. The van der Waals surface area contributed by atoms with Crippen LogP contribution in [-0.2, 0) is 14.2 Å². The first-order valence-electron chi connectivity index (χ1n) is 9.00. The van der Waals surface area contributed by atoms with Crippen LogP contribution in [0, 0.1) is 5.92 Å². The van der Waals surface area contributed by atoms with Crippen LogP contribution in [0.25, 0.3) is 0 Å². The van der Waals surface area contributed by atoms with Crippen molar-refractivity contribution in [3.05, 3.63) is 0 Å². The highest BCUT2D eigenvalue weighted by Crippen LogP contribution is 2.37. The van der Waals surface area contributed by atoms with Crippen molar-refractivity contribution in [1.82, 2.24) is 0 Å². The second-order valence-corrected chi connectivity index (χ2v) is 7.47. The molecule has 0 aromatic rings. The quantitative estimate of drug-likeness (QED) is 0.150. The van der Waals surface area contributed by atoms with Gasteiger partial charge in [-0.25, -0.2) is 0 Å². The Labute approximate surface area is 166 Å². The number of rotatable bonds is 6. The van der Waals surface area contributed by atoms with Gasteiger partial charge < -0.3 is 55.1 Å². The molecule has 8 N–H and O–H groups in total. The van der Waals surface area contributed by atoms with Crippen LogP contribution in [-0.4, -0.2) is 128 Å². The van der Waals surface area contributed by atoms with E-state index in [2.05, 4.69) is 0 Å². The first-order valence-corrected chi connectivity index (χ1v) is 9.54. The van der Waals surface area contributed by atoms with E-state index in [1.807, 2.05) is 0 Å². The van der Waals surface area contributed by atoms with Crippen LogP contribution in [0.1, 0.15) is 6.42 Å². The molecule has 3 fully saturated rings. The van der Waals surface area contributed by atoms with Crippen LogP contribution >= 0.6 is 11.6 Å². The Hall–Kier alpha value is -0.150. The Balaban J connectivity index is 0.000000485. The summed E-state index contributed by atoms with van der Waals surface area (Å²) in [7, 11) is 0. The van der Waals surface area contributed by atoms with Gasteiger partial charge in [0.25, 0.3) is 0 Å². The summed E-state index contributed by atoms with van der Waals surface area (Å²) in [6.07, 6.45) is -9.78. The number of hydrogen-bond donors (Lipinski definition) is 8. The van der Waals surface area contributed by atoms with Gasteiger partial charge in [0.15, 0.2) is 0 Å². The van der Waals surface area contributed by atoms with Gasteiger partial charge in [0.05, 0.1) is 37.4 Å². The predicted molar refractivity (Wildman–Crippen MR) is 92.3 cm³/mol. The highest BCUT2D eigenvalue weighted by Gasteiger charge is 2.57. The first-order chi connectivity index (χ1) is 13.2. The van der Waals surface area contributed by atoms with Crippen LogP contribution in [0.15, 0.2) is 0 Å². The third-order valence-corrected chi connectivity index (χ3v) is 5.51. The number of halogens is 1. The predicted octanol–water partition coefficient (Wildman–Crippen LogP) is -4.11. The molecule has 1 saturated carbocycles. The topological polar surface area (TPSA) is 193 Å². The Bertz CT molecular complexity index is 480. The summed E-state index contributed by atoms with van der Waals surface area (Å²) in [5.74, 6) is -2.22. The molecule has 0 amide bonds. The molecule has 28 heavy (non-hydrogen) atoms. The summed E-state index contributed by atoms with van der Waals surface area (Å²) in [6.45, 7) is -1.10. The van der Waals surface area contributed by atoms with E-state index in [1.165, 1.54) is 0 Å². The average Bonchev–Trinajstić information content (AvgIpc) is 3.52. The van der Waals surface area contributed by atoms with E-state index in [9.17, 15) is 35.7 Å². The van der Waals surface area contributed by atoms with Crippen molar-refractivity contribution in [1.29, 1.82) is 0 Å². The second kappa shape index (κ2) is 10.2. The summed E-state index contributed by atoms with van der Waals surface area (Å²) in [4.78, 5) is 0. The SMILES string of the molecule is ClCC1CO1.OC[C@H]1C[C@H](O[C@]2(CO)O[C@H](CO)[C@@H](O)[C@@H]2O)[C@H](O)[C@@H](O)[C@@H]1O. The third kappa shape index (κ3) is 5.12. The molecule has 2 saturated heterocycles. The van der Waals surface area contributed by atoms with Gasteiger partial charge in [-0.15, -0.1) is 11.6 Å². The minimum absolute atomic E-state index is 0.0758. The van der Waals surface area contributed by atoms with Crippen LogP contribution in [0.3, 0.4) is 0 Å². The maximum Gasteiger partial charge on any atom is 0.221 e. The van der Waals surface area contributed by atoms with Crippen LogP contribution < -0.4 is 0 Å². The van der Waals surface area contributed by atoms with E-state index in [0.29, 0.717) is 12.0 Å². The molecule has 0 radical (unpaired) electrons. The first kappa shape index (κ1) is 24.1. The zero-order chi connectivity index (χ0) is 21.1. The van der Waals surface area contributed by atoms with Crippen molar-refractivity contribution in [2.75, 3.05) is 32.3 Å². The van der Waals surface area contributed by atoms with Crippen LogP contribution in [0.4, 0.5) is 0 Å². The monoisotopic (exact) mass is 432 g/mol. The molecule has 0 bridgehead atoms. The molecule has 3 aliphatic rings. The lowest BCUT2D eigenvalue weighted by atomic mass is 9.81. The smallest absolute Gasteiger partial charge is 0.221 e. The van der Waals surface area contributed by atoms with Crippen molar-refractivity contribution in [3.8, 4) is 0 Å². The molecule has 12 heteroatoms. The molecule has 10 atom stereocenters. The van der Waals surface area contributed by atoms with E-state index in [4.69, 9.17) is 30.9 Å². The Morgan fingerprint density at radius 3 is 1.96 bits per heavy atom. The fourth-order valence-electron chi connectivity index (χ4n) is 3.26. The number of hydrogen-bond acceptors (Lipinski definition) is 11. The van der Waals surface area contributed by atoms with E-state index < -0.39 is 74.3 Å². The van der Waals surface area contributed by atoms with Crippen LogP contribution in [0.2, 0.25) is 0 Å². The molecule has 11 nitrogen and oxygen atoms in total. The lowest BCUT2D eigenvalue weighted by Gasteiger charge is -2.43. The highest BCUT2D eigenvalue weighted by molar-refractivity contribution is 6.18. The molecule has 0 spiro atoms. The Morgan fingerprint density at radius 1 is 0.929 bits per heavy atom. The van der Waals surface area contributed by atoms with E-state index in [0.717, 1.165) is 6.61 Å². The van der Waals surface area contributed by atoms with Crippen molar-refractivity contribution in [2.45, 2.75) is 61.0 Å². The van der Waals surface area contributed by atoms with E-state index >= 15 is 0 Å². The maximum atomic E-state index is 10.1. The third-order valence-electron chi connectivity index (χ3n) is 5.16. The molecular weight excluding hydrogens is 404 g/mol. The Morgan fingerprint density at radius 2 is 1.57 bits per heavy atom. The van der Waals surface area contributed by atoms with Crippen molar-refractivity contribution in [2.24, 2.45) is 5.92 Å². The van der Waals surface area contributed by atoms with Gasteiger partial charge in [0.2, 0.25) is 5.79 Å². The average molecular weight is 433 g/mol. The summed E-state index contributed by atoms with van der Waals surface area (Å²) in [5, 5.41) is 77.3. The highest BCUT2D eigenvalue weighted by atomic mass is 35.5. The van der Waals surface area contributed by atoms with Gasteiger partial charge in [-0.3, -0.25) is 0 Å². The molecular formula is C16H29ClO11. The van der Waals surface area contributed by atoms with Crippen LogP contribution in [0.5, 0.6) is 0 Å². The lowest BCUT2D eigenvalue weighted by molar-refractivity contribution is -0.319. The molecule has 2 aliphatic heterocycles. The summed E-state index contributed by atoms with van der Waals surface area (Å²) >= 11 is 5.27. The van der Waals surface area contributed by atoms with Gasteiger partial charge in [-0.1, -0.05) is 0 Å². The summed E-state index contributed by atoms with van der Waals surface area (Å²) in [6, 6.07) is 0. The number of ether oxygens (including phenoxy) is 3. The minimum Gasteiger partial charge on any atom is -0.396 e. The van der Waals surface area contributed by atoms with Gasteiger partial charge in [-0.05, 0) is 6.42 Å². The Kier molecular flexibility index (Phi) is 8.83. The molecule has 3 rings (SSSR count).